The first-order valence-electron chi connectivity index (χ1n) is 8.51. The molecule has 0 aromatic heterocycles. The topological polar surface area (TPSA) is 18.5 Å². The van der Waals surface area contributed by atoms with Crippen molar-refractivity contribution in [1.29, 1.82) is 0 Å². The van der Waals surface area contributed by atoms with Crippen LogP contribution in [0.15, 0.2) is 48.5 Å². The molecule has 0 radical (unpaired) electrons. The largest absolute Gasteiger partial charge is 0.496 e. The highest BCUT2D eigenvalue weighted by Crippen LogP contribution is 2.44. The third-order valence-corrected chi connectivity index (χ3v) is 9.76. The lowest BCUT2D eigenvalue weighted by atomic mass is 10.3. The van der Waals surface area contributed by atoms with Crippen molar-refractivity contribution in [2.75, 3.05) is 38.9 Å². The van der Waals surface area contributed by atoms with Gasteiger partial charge < -0.3 is 9.47 Å². The molecule has 0 aliphatic carbocycles. The highest BCUT2D eigenvalue weighted by atomic mass is 31.1. The summed E-state index contributed by atoms with van der Waals surface area (Å²) < 4.78 is 11.2. The van der Waals surface area contributed by atoms with E-state index in [1.165, 1.54) is 35.3 Å². The minimum absolute atomic E-state index is 0.172. The number of methoxy groups -OCH3 is 2. The van der Waals surface area contributed by atoms with Crippen molar-refractivity contribution in [2.24, 2.45) is 0 Å². The number of para-hydroxylation sites is 2. The number of benzene rings is 2. The second kappa shape index (κ2) is 10.0. The van der Waals surface area contributed by atoms with Gasteiger partial charge in [0, 0.05) is 10.6 Å². The molecule has 0 bridgehead atoms. The number of hydrogen-bond acceptors (Lipinski definition) is 2. The molecule has 0 saturated carbocycles. The molecule has 0 N–H and O–H groups in total. The molecule has 4 heteroatoms. The van der Waals surface area contributed by atoms with Crippen molar-refractivity contribution in [3.63, 3.8) is 0 Å². The molecule has 2 aromatic rings. The summed E-state index contributed by atoms with van der Waals surface area (Å²) in [6.45, 7) is 4.60. The molecule has 0 amide bonds. The van der Waals surface area contributed by atoms with Crippen molar-refractivity contribution in [2.45, 2.75) is 13.8 Å². The monoisotopic (exact) mass is 362 g/mol. The zero-order valence-electron chi connectivity index (χ0n) is 15.2. The Hall–Kier alpha value is -1.10. The normalized spacial score (nSPS) is 13.3. The molecule has 2 rings (SSSR count). The molecule has 0 fully saturated rings. The predicted molar refractivity (Wildman–Crippen MR) is 110 cm³/mol. The Bertz CT molecular complexity index is 575. The first kappa shape index (κ1) is 19.2. The van der Waals surface area contributed by atoms with Crippen LogP contribution < -0.4 is 20.1 Å². The highest BCUT2D eigenvalue weighted by Gasteiger charge is 2.18. The van der Waals surface area contributed by atoms with Gasteiger partial charge in [-0.15, -0.1) is 0 Å². The van der Waals surface area contributed by atoms with Crippen molar-refractivity contribution in [1.82, 2.24) is 0 Å². The molecule has 2 unspecified atom stereocenters. The molecule has 0 saturated heterocycles. The average Bonchev–Trinajstić information content (AvgIpc) is 2.65. The molecule has 2 atom stereocenters. The summed E-state index contributed by atoms with van der Waals surface area (Å²) in [4.78, 5) is 0. The fourth-order valence-corrected chi connectivity index (χ4v) is 8.20. The van der Waals surface area contributed by atoms with Gasteiger partial charge in [-0.2, -0.15) is 0 Å². The molecule has 2 aromatic carbocycles. The summed E-state index contributed by atoms with van der Waals surface area (Å²) in [6, 6.07) is 17.0. The molecule has 24 heavy (non-hydrogen) atoms. The van der Waals surface area contributed by atoms with E-state index in [1.54, 1.807) is 14.2 Å². The average molecular weight is 362 g/mol. The zero-order valence-corrected chi connectivity index (χ0v) is 16.9. The SMILES string of the molecule is CCP(CCP(CC)c1ccccc1OC)c1ccccc1OC. The van der Waals surface area contributed by atoms with E-state index in [-0.39, 0.29) is 15.8 Å². The summed E-state index contributed by atoms with van der Waals surface area (Å²) >= 11 is 0. The van der Waals surface area contributed by atoms with E-state index in [0.717, 1.165) is 11.5 Å². The first-order valence-corrected chi connectivity index (χ1v) is 11.9. The third kappa shape index (κ3) is 4.71. The maximum absolute atomic E-state index is 5.58. The van der Waals surface area contributed by atoms with E-state index in [1.807, 2.05) is 0 Å². The Labute approximate surface area is 149 Å². The van der Waals surface area contributed by atoms with Gasteiger partial charge in [-0.3, -0.25) is 0 Å². The summed E-state index contributed by atoms with van der Waals surface area (Å²) in [5, 5.41) is 2.81. The fraction of sp³-hybridized carbons (Fsp3) is 0.400. The van der Waals surface area contributed by atoms with Crippen LogP contribution in [-0.4, -0.2) is 38.9 Å². The van der Waals surface area contributed by atoms with Crippen LogP contribution in [0.25, 0.3) is 0 Å². The van der Waals surface area contributed by atoms with E-state index in [9.17, 15) is 0 Å². The number of rotatable bonds is 9. The maximum Gasteiger partial charge on any atom is 0.126 e. The lowest BCUT2D eigenvalue weighted by Crippen LogP contribution is -2.14. The first-order chi connectivity index (χ1) is 11.7. The van der Waals surface area contributed by atoms with E-state index < -0.39 is 0 Å². The van der Waals surface area contributed by atoms with E-state index in [2.05, 4.69) is 62.4 Å². The summed E-state index contributed by atoms with van der Waals surface area (Å²) in [7, 11) is 3.20. The van der Waals surface area contributed by atoms with Crippen LogP contribution >= 0.6 is 15.8 Å². The number of hydrogen-bond donors (Lipinski definition) is 0. The molecule has 0 aliphatic heterocycles. The Kier molecular flexibility index (Phi) is 8.03. The van der Waals surface area contributed by atoms with Gasteiger partial charge in [-0.25, -0.2) is 0 Å². The fourth-order valence-electron chi connectivity index (χ4n) is 2.92. The van der Waals surface area contributed by atoms with E-state index in [0.29, 0.717) is 0 Å². The van der Waals surface area contributed by atoms with Crippen LogP contribution in [0.3, 0.4) is 0 Å². The Morgan fingerprint density at radius 2 is 1.04 bits per heavy atom. The van der Waals surface area contributed by atoms with Crippen molar-refractivity contribution in [3.05, 3.63) is 48.5 Å². The molecule has 2 nitrogen and oxygen atoms in total. The lowest BCUT2D eigenvalue weighted by Gasteiger charge is -2.23. The van der Waals surface area contributed by atoms with Crippen LogP contribution in [0.1, 0.15) is 13.8 Å². The minimum Gasteiger partial charge on any atom is -0.496 e. The Morgan fingerprint density at radius 3 is 1.38 bits per heavy atom. The predicted octanol–water partition coefficient (Wildman–Crippen LogP) is 4.66. The van der Waals surface area contributed by atoms with Crippen LogP contribution in [0.4, 0.5) is 0 Å². The van der Waals surface area contributed by atoms with Crippen molar-refractivity contribution < 1.29 is 9.47 Å². The standard InChI is InChI=1S/C20H28O2P2/c1-5-23(19-13-9-7-11-17(19)21-3)15-16-24(6-2)20-14-10-8-12-18(20)22-4/h7-14H,5-6,15-16H2,1-4H3. The molecule has 0 aliphatic rings. The minimum atomic E-state index is -0.172. The van der Waals surface area contributed by atoms with Crippen LogP contribution in [-0.2, 0) is 0 Å². The van der Waals surface area contributed by atoms with Gasteiger partial charge in [-0.1, -0.05) is 66.1 Å². The maximum atomic E-state index is 5.58. The van der Waals surface area contributed by atoms with Crippen LogP contribution in [0.5, 0.6) is 11.5 Å². The van der Waals surface area contributed by atoms with Crippen LogP contribution in [0, 0.1) is 0 Å². The van der Waals surface area contributed by atoms with E-state index >= 15 is 0 Å². The van der Waals surface area contributed by atoms with Gasteiger partial charge in [0.2, 0.25) is 0 Å². The second-order valence-electron chi connectivity index (χ2n) is 5.50. The van der Waals surface area contributed by atoms with Gasteiger partial charge in [-0.05, 0) is 36.8 Å². The molecular formula is C20H28O2P2. The molecule has 0 spiro atoms. The van der Waals surface area contributed by atoms with Gasteiger partial charge in [0.05, 0.1) is 14.2 Å². The van der Waals surface area contributed by atoms with Crippen molar-refractivity contribution in [3.8, 4) is 11.5 Å². The molecule has 0 heterocycles. The summed E-state index contributed by atoms with van der Waals surface area (Å²) in [5.41, 5.74) is 0. The second-order valence-corrected chi connectivity index (χ2v) is 10.8. The van der Waals surface area contributed by atoms with Gasteiger partial charge in [0.15, 0.2) is 0 Å². The highest BCUT2D eigenvalue weighted by molar-refractivity contribution is 7.69. The summed E-state index contributed by atoms with van der Waals surface area (Å²) in [5.74, 6) is 2.09. The molecule has 130 valence electrons. The third-order valence-electron chi connectivity index (χ3n) is 4.25. The van der Waals surface area contributed by atoms with Crippen LogP contribution in [0.2, 0.25) is 0 Å². The zero-order chi connectivity index (χ0) is 17.4. The lowest BCUT2D eigenvalue weighted by molar-refractivity contribution is 0.418. The molecular weight excluding hydrogens is 334 g/mol. The van der Waals surface area contributed by atoms with Crippen molar-refractivity contribution >= 4 is 26.5 Å². The van der Waals surface area contributed by atoms with E-state index in [4.69, 9.17) is 9.47 Å². The van der Waals surface area contributed by atoms with Gasteiger partial charge in [0.1, 0.15) is 11.5 Å². The smallest absolute Gasteiger partial charge is 0.126 e. The van der Waals surface area contributed by atoms with Gasteiger partial charge in [0.25, 0.3) is 0 Å². The Morgan fingerprint density at radius 1 is 0.667 bits per heavy atom. The summed E-state index contributed by atoms with van der Waals surface area (Å²) in [6.07, 6.45) is 4.91. The number of ether oxygens (including phenoxy) is 2. The quantitative estimate of drug-likeness (QED) is 0.604. The Balaban J connectivity index is 2.13. The van der Waals surface area contributed by atoms with Gasteiger partial charge >= 0.3 is 0 Å².